The van der Waals surface area contributed by atoms with E-state index in [1.54, 1.807) is 18.4 Å². The van der Waals surface area contributed by atoms with Gasteiger partial charge in [-0.25, -0.2) is 0 Å². The quantitative estimate of drug-likeness (QED) is 0.860. The van der Waals surface area contributed by atoms with Gasteiger partial charge >= 0.3 is 0 Å². The van der Waals surface area contributed by atoms with Crippen LogP contribution in [-0.4, -0.2) is 34.9 Å². The van der Waals surface area contributed by atoms with Crippen molar-refractivity contribution in [3.8, 4) is 0 Å². The minimum atomic E-state index is -0.615. The third-order valence-corrected chi connectivity index (χ3v) is 8.54. The molecule has 0 radical (unpaired) electrons. The summed E-state index contributed by atoms with van der Waals surface area (Å²) in [6.07, 6.45) is 10.1. The molecule has 0 aromatic carbocycles. The van der Waals surface area contributed by atoms with Crippen LogP contribution in [-0.2, 0) is 28.9 Å². The second-order valence-electron chi connectivity index (χ2n) is 9.49. The van der Waals surface area contributed by atoms with E-state index < -0.39 is 11.0 Å². The molecule has 6 rings (SSSR count). The maximum atomic E-state index is 13.4. The summed E-state index contributed by atoms with van der Waals surface area (Å²) in [6.45, 7) is 1.40. The first-order valence-electron chi connectivity index (χ1n) is 10.5. The molecule has 1 heterocycles. The molecule has 2 atom stereocenters. The predicted octanol–water partition coefficient (Wildman–Crippen LogP) is 2.83. The Hall–Kier alpha value is -0.980. The predicted molar refractivity (Wildman–Crippen MR) is 103 cm³/mol. The number of nitrogens with zero attached hydrogens (tertiary/aromatic N) is 2. The van der Waals surface area contributed by atoms with Crippen molar-refractivity contribution in [3.63, 3.8) is 0 Å². The number of fused-ring (bicyclic) bond motifs is 1. The molecule has 1 N–H and O–H groups in total. The summed E-state index contributed by atoms with van der Waals surface area (Å²) in [4.78, 5) is 20.4. The van der Waals surface area contributed by atoms with Crippen LogP contribution in [0.1, 0.15) is 61.9 Å². The number of rotatable bonds is 4. The lowest BCUT2D eigenvalue weighted by Gasteiger charge is -2.58. The summed E-state index contributed by atoms with van der Waals surface area (Å²) in [5, 5.41) is 11.0. The van der Waals surface area contributed by atoms with Crippen LogP contribution in [0.5, 0.6) is 0 Å². The first-order valence-corrected chi connectivity index (χ1v) is 11.3. The summed E-state index contributed by atoms with van der Waals surface area (Å²) in [5.74, 6) is 1.04. The van der Waals surface area contributed by atoms with E-state index in [2.05, 4.69) is 4.57 Å². The molecule has 4 saturated carbocycles. The maximum absolute atomic E-state index is 13.4. The monoisotopic (exact) mass is 390 g/mol. The Morgan fingerprint density at radius 2 is 2.00 bits per heavy atom. The first-order chi connectivity index (χ1) is 13.0. The number of ether oxygens (including phenoxy) is 1. The smallest absolute Gasteiger partial charge is 0.254 e. The number of carbonyl (C=O) groups excluding carboxylic acids is 1. The fourth-order valence-electron chi connectivity index (χ4n) is 6.70. The molecule has 0 spiro atoms. The van der Waals surface area contributed by atoms with Crippen LogP contribution < -0.4 is 4.80 Å². The average Bonchev–Trinajstić information content (AvgIpc) is 2.95. The van der Waals surface area contributed by atoms with Crippen LogP contribution in [0.25, 0.3) is 0 Å². The van der Waals surface area contributed by atoms with E-state index in [-0.39, 0.29) is 5.91 Å². The summed E-state index contributed by atoms with van der Waals surface area (Å²) in [7, 11) is 1.72. The molecule has 148 valence electrons. The lowest BCUT2D eigenvalue weighted by atomic mass is 9.47. The third kappa shape index (κ3) is 3.04. The number of aryl methyl sites for hydroxylation is 1. The first kappa shape index (κ1) is 18.1. The molecule has 0 aliphatic heterocycles. The van der Waals surface area contributed by atoms with Gasteiger partial charge in [-0.2, -0.15) is 4.99 Å². The standard InChI is InChI=1S/C21H30N2O3S/c1-26-7-6-23-16-4-2-3-5-17(16)27-19(23)22-18(24)20-9-14-8-15(10-20)12-21(25,11-14)13-20/h14-15,25H,2-13H2,1H3. The topological polar surface area (TPSA) is 63.8 Å². The van der Waals surface area contributed by atoms with E-state index in [1.165, 1.54) is 29.8 Å². The van der Waals surface area contributed by atoms with E-state index in [0.29, 0.717) is 24.9 Å². The van der Waals surface area contributed by atoms with Gasteiger partial charge in [0.05, 0.1) is 17.6 Å². The number of hydrogen-bond acceptors (Lipinski definition) is 4. The fraction of sp³-hybridized carbons (Fsp3) is 0.810. The third-order valence-electron chi connectivity index (χ3n) is 7.36. The summed E-state index contributed by atoms with van der Waals surface area (Å²) < 4.78 is 7.54. The zero-order chi connectivity index (χ0) is 18.6. The fourth-order valence-corrected chi connectivity index (χ4v) is 7.94. The van der Waals surface area contributed by atoms with Gasteiger partial charge in [0.25, 0.3) is 5.91 Å². The SMILES string of the molecule is COCCn1c2c(sc1=NC(=O)C13CC4CC(CC(O)(C4)C1)C3)CCCC2. The molecule has 5 nitrogen and oxygen atoms in total. The zero-order valence-corrected chi connectivity index (χ0v) is 17.0. The van der Waals surface area contributed by atoms with E-state index in [9.17, 15) is 9.90 Å². The van der Waals surface area contributed by atoms with Crippen molar-refractivity contribution in [2.75, 3.05) is 13.7 Å². The van der Waals surface area contributed by atoms with Crippen molar-refractivity contribution in [2.24, 2.45) is 22.2 Å². The van der Waals surface area contributed by atoms with Gasteiger partial charge in [0.2, 0.25) is 0 Å². The summed E-state index contributed by atoms with van der Waals surface area (Å²) in [5.41, 5.74) is 0.331. The molecular weight excluding hydrogens is 360 g/mol. The van der Waals surface area contributed by atoms with Crippen molar-refractivity contribution < 1.29 is 14.6 Å². The number of methoxy groups -OCH3 is 1. The molecule has 2 unspecified atom stereocenters. The van der Waals surface area contributed by atoms with Crippen LogP contribution >= 0.6 is 11.3 Å². The van der Waals surface area contributed by atoms with E-state index in [4.69, 9.17) is 9.73 Å². The molecule has 27 heavy (non-hydrogen) atoms. The highest BCUT2D eigenvalue weighted by molar-refractivity contribution is 7.09. The minimum Gasteiger partial charge on any atom is -0.390 e. The molecular formula is C21H30N2O3S. The Balaban J connectivity index is 1.51. The molecule has 4 bridgehead atoms. The van der Waals surface area contributed by atoms with Crippen LogP contribution in [0, 0.1) is 17.3 Å². The Bertz CT molecular complexity index is 810. The number of carbonyl (C=O) groups is 1. The number of aliphatic hydroxyl groups is 1. The van der Waals surface area contributed by atoms with Gasteiger partial charge in [0.1, 0.15) is 0 Å². The van der Waals surface area contributed by atoms with Gasteiger partial charge < -0.3 is 14.4 Å². The Kier molecular flexibility index (Phi) is 4.37. The maximum Gasteiger partial charge on any atom is 0.254 e. The molecule has 6 heteroatoms. The van der Waals surface area contributed by atoms with Crippen LogP contribution in [0.4, 0.5) is 0 Å². The van der Waals surface area contributed by atoms with Crippen molar-refractivity contribution >= 4 is 17.2 Å². The van der Waals surface area contributed by atoms with Crippen LogP contribution in [0.15, 0.2) is 4.99 Å². The molecule has 5 aliphatic carbocycles. The number of hydrogen-bond donors (Lipinski definition) is 1. The minimum absolute atomic E-state index is 0.0276. The van der Waals surface area contributed by atoms with E-state index in [0.717, 1.165) is 49.9 Å². The van der Waals surface area contributed by atoms with Crippen LogP contribution in [0.3, 0.4) is 0 Å². The zero-order valence-electron chi connectivity index (χ0n) is 16.2. The van der Waals surface area contributed by atoms with Gasteiger partial charge in [-0.3, -0.25) is 4.79 Å². The molecule has 1 aromatic rings. The van der Waals surface area contributed by atoms with Gasteiger partial charge in [-0.15, -0.1) is 11.3 Å². The lowest BCUT2D eigenvalue weighted by molar-refractivity contribution is -0.175. The van der Waals surface area contributed by atoms with Gasteiger partial charge in [-0.1, -0.05) is 0 Å². The highest BCUT2D eigenvalue weighted by Crippen LogP contribution is 2.61. The number of amides is 1. The Labute approximate surface area is 164 Å². The van der Waals surface area contributed by atoms with E-state index in [1.807, 2.05) is 0 Å². The lowest BCUT2D eigenvalue weighted by Crippen LogP contribution is -2.58. The molecule has 1 amide bonds. The van der Waals surface area contributed by atoms with Gasteiger partial charge in [0, 0.05) is 24.2 Å². The highest BCUT2D eigenvalue weighted by Gasteiger charge is 2.60. The van der Waals surface area contributed by atoms with E-state index >= 15 is 0 Å². The van der Waals surface area contributed by atoms with Gasteiger partial charge in [0.15, 0.2) is 4.80 Å². The Morgan fingerprint density at radius 3 is 2.70 bits per heavy atom. The normalized spacial score (nSPS) is 37.6. The Morgan fingerprint density at radius 1 is 1.26 bits per heavy atom. The summed E-state index contributed by atoms with van der Waals surface area (Å²) >= 11 is 1.70. The number of aromatic nitrogens is 1. The molecule has 1 aromatic heterocycles. The van der Waals surface area contributed by atoms with Crippen LogP contribution in [0.2, 0.25) is 0 Å². The molecule has 5 aliphatic rings. The summed E-state index contributed by atoms with van der Waals surface area (Å²) in [6, 6.07) is 0. The average molecular weight is 391 g/mol. The molecule has 4 fully saturated rings. The largest absolute Gasteiger partial charge is 0.390 e. The second-order valence-corrected chi connectivity index (χ2v) is 10.6. The van der Waals surface area contributed by atoms with Crippen molar-refractivity contribution in [3.05, 3.63) is 15.4 Å². The van der Waals surface area contributed by atoms with Crippen molar-refractivity contribution in [1.82, 2.24) is 4.57 Å². The second kappa shape index (κ2) is 6.53. The molecule has 0 saturated heterocycles. The van der Waals surface area contributed by atoms with Crippen molar-refractivity contribution in [1.29, 1.82) is 0 Å². The van der Waals surface area contributed by atoms with Gasteiger partial charge in [-0.05, 0) is 76.0 Å². The highest BCUT2D eigenvalue weighted by atomic mass is 32.1. The number of thiazole rings is 1. The van der Waals surface area contributed by atoms with Crippen molar-refractivity contribution in [2.45, 2.75) is 76.4 Å².